The number of nitrogens with one attached hydrogen (secondary N) is 1. The zero-order valence-corrected chi connectivity index (χ0v) is 17.4. The number of anilines is 2. The summed E-state index contributed by atoms with van der Waals surface area (Å²) in [6, 6.07) is 20.0. The molecule has 1 N–H and O–H groups in total. The number of aromatic nitrogens is 7. The van der Waals surface area contributed by atoms with Gasteiger partial charge in [0.25, 0.3) is 0 Å². The van der Waals surface area contributed by atoms with Crippen LogP contribution in [0.5, 0.6) is 0 Å². The number of nitrogens with zero attached hydrogens (tertiary/aromatic N) is 7. The van der Waals surface area contributed by atoms with E-state index in [9.17, 15) is 8.78 Å². The number of hydrogen-bond acceptors (Lipinski definition) is 7. The van der Waals surface area contributed by atoms with E-state index in [1.807, 2.05) is 60.3 Å². The maximum absolute atomic E-state index is 9.69. The number of halogens is 2. The third-order valence-corrected chi connectivity index (χ3v) is 4.70. The fraction of sp³-hybridized carbons (Fsp3) is 0.0909. The highest BCUT2D eigenvalue weighted by atomic mass is 19.3. The number of carbonyl (C=O) groups excluding carboxylic acids is 1. The van der Waals surface area contributed by atoms with Crippen LogP contribution in [0, 0.1) is 0 Å². The van der Waals surface area contributed by atoms with Gasteiger partial charge in [-0.05, 0) is 23.8 Å². The lowest BCUT2D eigenvalue weighted by atomic mass is 10.1. The molecule has 0 aliphatic heterocycles. The largest absolute Gasteiger partial charge is 0.483 e. The first kappa shape index (κ1) is 21.7. The quantitative estimate of drug-likeness (QED) is 0.396. The number of fused-ring (bicyclic) bond motifs is 1. The van der Waals surface area contributed by atoms with Gasteiger partial charge in [-0.25, -0.2) is 19.4 Å². The second-order valence-electron chi connectivity index (χ2n) is 6.89. The zero-order chi connectivity index (χ0) is 23.2. The van der Waals surface area contributed by atoms with Gasteiger partial charge in [-0.3, -0.25) is 4.68 Å². The second kappa shape index (κ2) is 9.73. The molecule has 0 radical (unpaired) electrons. The summed E-state index contributed by atoms with van der Waals surface area (Å²) in [5.41, 5.74) is 4.77. The summed E-state index contributed by atoms with van der Waals surface area (Å²) >= 11 is 0. The van der Waals surface area contributed by atoms with Gasteiger partial charge in [-0.2, -0.15) is 5.10 Å². The van der Waals surface area contributed by atoms with Gasteiger partial charge in [-0.15, -0.1) is 13.9 Å². The predicted molar refractivity (Wildman–Crippen MR) is 118 cm³/mol. The topological polar surface area (TPSA) is 103 Å². The molecule has 5 aromatic rings. The van der Waals surface area contributed by atoms with Crippen molar-refractivity contribution in [3.8, 4) is 11.3 Å². The van der Waals surface area contributed by atoms with Crippen molar-refractivity contribution in [1.82, 2.24) is 34.7 Å². The molecular weight excluding hydrogens is 430 g/mol. The van der Waals surface area contributed by atoms with Crippen LogP contribution < -0.4 is 5.32 Å². The molecule has 0 unspecified atom stereocenters. The highest BCUT2D eigenvalue weighted by molar-refractivity contribution is 5.80. The second-order valence-corrected chi connectivity index (χ2v) is 6.89. The molecule has 9 nitrogen and oxygen atoms in total. The third kappa shape index (κ3) is 5.39. The van der Waals surface area contributed by atoms with Crippen molar-refractivity contribution >= 4 is 29.1 Å². The lowest BCUT2D eigenvalue weighted by Crippen LogP contribution is -2.03. The number of aryl methyl sites for hydroxylation is 1. The average Bonchev–Trinajstić information content (AvgIpc) is 3.40. The summed E-state index contributed by atoms with van der Waals surface area (Å²) in [5.74, 6) is 1.33. The van der Waals surface area contributed by atoms with Gasteiger partial charge in [0.05, 0.1) is 24.0 Å². The molecular formula is C22H18F2N8O. The van der Waals surface area contributed by atoms with E-state index in [1.165, 1.54) is 5.56 Å². The van der Waals surface area contributed by atoms with Crippen LogP contribution in [-0.2, 0) is 13.6 Å². The molecule has 0 aliphatic carbocycles. The zero-order valence-electron chi connectivity index (χ0n) is 17.4. The lowest BCUT2D eigenvalue weighted by Gasteiger charge is -2.07. The first-order chi connectivity index (χ1) is 16.0. The Morgan fingerprint density at radius 1 is 1.03 bits per heavy atom. The molecule has 3 aromatic heterocycles. The van der Waals surface area contributed by atoms with Gasteiger partial charge >= 0.3 is 6.29 Å². The number of benzene rings is 2. The van der Waals surface area contributed by atoms with Crippen LogP contribution in [0.1, 0.15) is 5.56 Å². The van der Waals surface area contributed by atoms with Crippen molar-refractivity contribution in [2.24, 2.45) is 7.05 Å². The van der Waals surface area contributed by atoms with Crippen LogP contribution in [-0.4, -0.2) is 41.0 Å². The predicted octanol–water partition coefficient (Wildman–Crippen LogP) is 4.46. The van der Waals surface area contributed by atoms with Crippen LogP contribution >= 0.6 is 0 Å². The van der Waals surface area contributed by atoms with Crippen molar-refractivity contribution in [2.45, 2.75) is 6.54 Å². The number of carbonyl (C=O) groups is 1. The Hall–Kier alpha value is -4.54. The van der Waals surface area contributed by atoms with E-state index in [0.29, 0.717) is 12.5 Å². The first-order valence-corrected chi connectivity index (χ1v) is 9.80. The normalized spacial score (nSPS) is 10.5. The summed E-state index contributed by atoms with van der Waals surface area (Å²) in [6.07, 6.45) is 0.621. The van der Waals surface area contributed by atoms with E-state index in [2.05, 4.69) is 42.8 Å². The Labute approximate surface area is 186 Å². The molecule has 0 spiro atoms. The lowest BCUT2D eigenvalue weighted by molar-refractivity contribution is 0.199. The van der Waals surface area contributed by atoms with Crippen LogP contribution in [0.25, 0.3) is 22.3 Å². The maximum atomic E-state index is 9.69. The summed E-state index contributed by atoms with van der Waals surface area (Å²) in [6.45, 7) is 0.683. The maximum Gasteiger partial charge on any atom is 0.483 e. The molecule has 0 amide bonds. The highest BCUT2D eigenvalue weighted by Crippen LogP contribution is 2.23. The van der Waals surface area contributed by atoms with E-state index in [1.54, 1.807) is 17.1 Å². The Morgan fingerprint density at radius 2 is 1.82 bits per heavy atom. The summed E-state index contributed by atoms with van der Waals surface area (Å²) in [7, 11) is 1.86. The van der Waals surface area contributed by atoms with Crippen LogP contribution in [0.3, 0.4) is 0 Å². The minimum absolute atomic E-state index is 0.513. The van der Waals surface area contributed by atoms with Crippen molar-refractivity contribution in [1.29, 1.82) is 0 Å². The minimum Gasteiger partial charge on any atom is -0.309 e. The summed E-state index contributed by atoms with van der Waals surface area (Å²) in [5, 5.41) is 16.0. The SMILES string of the molecule is Cn1nccc1Nc1nccc(-c2ccc3c(c2)nnn3Cc2ccccc2)n1.O=C(F)F. The highest BCUT2D eigenvalue weighted by Gasteiger charge is 2.09. The van der Waals surface area contributed by atoms with Gasteiger partial charge < -0.3 is 5.32 Å². The molecule has 11 heteroatoms. The van der Waals surface area contributed by atoms with E-state index < -0.39 is 6.29 Å². The average molecular weight is 448 g/mol. The Balaban J connectivity index is 0.000000601. The van der Waals surface area contributed by atoms with Crippen molar-refractivity contribution in [2.75, 3.05) is 5.32 Å². The minimum atomic E-state index is -2.83. The molecule has 0 bridgehead atoms. The summed E-state index contributed by atoms with van der Waals surface area (Å²) < 4.78 is 23.0. The van der Waals surface area contributed by atoms with E-state index >= 15 is 0 Å². The van der Waals surface area contributed by atoms with Gasteiger partial charge in [0.2, 0.25) is 5.95 Å². The van der Waals surface area contributed by atoms with Gasteiger partial charge in [0.1, 0.15) is 11.3 Å². The fourth-order valence-corrected chi connectivity index (χ4v) is 3.20. The Kier molecular flexibility index (Phi) is 6.39. The molecule has 0 aliphatic rings. The Morgan fingerprint density at radius 3 is 2.55 bits per heavy atom. The molecule has 5 rings (SSSR count). The van der Waals surface area contributed by atoms with Gasteiger partial charge in [-0.1, -0.05) is 41.6 Å². The molecule has 166 valence electrons. The molecule has 0 saturated heterocycles. The van der Waals surface area contributed by atoms with Crippen molar-refractivity contribution < 1.29 is 13.6 Å². The Bertz CT molecular complexity index is 1380. The number of rotatable bonds is 5. The van der Waals surface area contributed by atoms with Crippen molar-refractivity contribution in [3.63, 3.8) is 0 Å². The standard InChI is InChI=1S/C21H18N8.CF2O/c1-28-20(10-12-23-28)25-21-22-11-9-17(24-21)16-7-8-19-18(13-16)26-27-29(19)14-15-5-3-2-4-6-15;2-1(3)4/h2-13H,14H2,1H3,(H,22,24,25);. The van der Waals surface area contributed by atoms with E-state index in [0.717, 1.165) is 28.1 Å². The fourth-order valence-electron chi connectivity index (χ4n) is 3.20. The van der Waals surface area contributed by atoms with Crippen LogP contribution in [0.4, 0.5) is 25.3 Å². The van der Waals surface area contributed by atoms with Crippen LogP contribution in [0.2, 0.25) is 0 Å². The monoisotopic (exact) mass is 448 g/mol. The number of hydrogen-bond donors (Lipinski definition) is 1. The van der Waals surface area contributed by atoms with Gasteiger partial charge in [0.15, 0.2) is 0 Å². The first-order valence-electron chi connectivity index (χ1n) is 9.80. The van der Waals surface area contributed by atoms with E-state index in [4.69, 9.17) is 4.79 Å². The van der Waals surface area contributed by atoms with Crippen molar-refractivity contribution in [3.05, 3.63) is 78.6 Å². The molecule has 0 saturated carbocycles. The molecule has 0 atom stereocenters. The smallest absolute Gasteiger partial charge is 0.309 e. The van der Waals surface area contributed by atoms with E-state index in [-0.39, 0.29) is 0 Å². The van der Waals surface area contributed by atoms with Gasteiger partial charge in [0, 0.05) is 24.9 Å². The third-order valence-electron chi connectivity index (χ3n) is 4.70. The molecule has 0 fully saturated rings. The molecule has 3 heterocycles. The summed E-state index contributed by atoms with van der Waals surface area (Å²) in [4.78, 5) is 17.0. The molecule has 33 heavy (non-hydrogen) atoms. The van der Waals surface area contributed by atoms with Crippen LogP contribution in [0.15, 0.2) is 73.1 Å². The molecule has 2 aromatic carbocycles.